The Bertz CT molecular complexity index is 506. The van der Waals surface area contributed by atoms with Gasteiger partial charge in [0.15, 0.2) is 5.78 Å². The summed E-state index contributed by atoms with van der Waals surface area (Å²) in [5.74, 6) is 1.27. The number of Topliss-reactive ketones (excluding diaryl/α,β-unsaturated/α-hetero) is 1. The van der Waals surface area contributed by atoms with E-state index in [0.717, 1.165) is 5.75 Å². The summed E-state index contributed by atoms with van der Waals surface area (Å²) in [6.45, 7) is 8.91. The molecule has 1 aromatic carbocycles. The van der Waals surface area contributed by atoms with Crippen molar-refractivity contribution in [3.8, 4) is 0 Å². The van der Waals surface area contributed by atoms with Crippen LogP contribution in [0.25, 0.3) is 0 Å². The molecule has 0 spiro atoms. The lowest BCUT2D eigenvalue weighted by molar-refractivity contribution is -0.118. The SMILES string of the molecule is CC(=O)C(CSCc1ccc(C)cc1)NC(=O)OC(C)(C)C. The number of thioether (sulfide) groups is 1. The Labute approximate surface area is 137 Å². The molecule has 4 nitrogen and oxygen atoms in total. The average Bonchev–Trinajstić information content (AvgIpc) is 2.37. The minimum absolute atomic E-state index is 0.0673. The van der Waals surface area contributed by atoms with Crippen LogP contribution in [0.2, 0.25) is 0 Å². The standard InChI is InChI=1S/C17H25NO3S/c1-12-6-8-14(9-7-12)10-22-11-15(13(2)19)18-16(20)21-17(3,4)5/h6-9,15H,10-11H2,1-5H3,(H,18,20). The summed E-state index contributed by atoms with van der Waals surface area (Å²) in [5, 5.41) is 2.64. The molecule has 0 aromatic heterocycles. The van der Waals surface area contributed by atoms with Crippen LogP contribution in [0.4, 0.5) is 4.79 Å². The van der Waals surface area contributed by atoms with Crippen LogP contribution in [0, 0.1) is 6.92 Å². The van der Waals surface area contributed by atoms with Crippen molar-refractivity contribution in [2.45, 2.75) is 52.0 Å². The van der Waals surface area contributed by atoms with Crippen LogP contribution in [0.15, 0.2) is 24.3 Å². The summed E-state index contributed by atoms with van der Waals surface area (Å²) in [6, 6.07) is 7.76. The summed E-state index contributed by atoms with van der Waals surface area (Å²) in [4.78, 5) is 23.4. The van der Waals surface area contributed by atoms with Gasteiger partial charge in [-0.05, 0) is 40.2 Å². The molecule has 0 radical (unpaired) electrons. The highest BCUT2D eigenvalue weighted by atomic mass is 32.2. The molecule has 0 bridgehead atoms. The van der Waals surface area contributed by atoms with Gasteiger partial charge in [0.1, 0.15) is 5.60 Å². The first-order chi connectivity index (χ1) is 10.2. The fourth-order valence-corrected chi connectivity index (χ4v) is 2.79. The summed E-state index contributed by atoms with van der Waals surface area (Å²) < 4.78 is 5.18. The molecule has 5 heteroatoms. The van der Waals surface area contributed by atoms with Crippen LogP contribution in [0.5, 0.6) is 0 Å². The number of hydrogen-bond acceptors (Lipinski definition) is 4. The van der Waals surface area contributed by atoms with E-state index in [2.05, 4.69) is 29.6 Å². The van der Waals surface area contributed by atoms with Crippen molar-refractivity contribution in [3.05, 3.63) is 35.4 Å². The van der Waals surface area contributed by atoms with E-state index >= 15 is 0 Å². The second kappa shape index (κ2) is 8.22. The third-order valence-electron chi connectivity index (χ3n) is 2.86. The van der Waals surface area contributed by atoms with Gasteiger partial charge < -0.3 is 10.1 Å². The molecule has 0 saturated heterocycles. The normalized spacial score (nSPS) is 12.6. The fourth-order valence-electron chi connectivity index (χ4n) is 1.69. The average molecular weight is 323 g/mol. The Morgan fingerprint density at radius 3 is 2.32 bits per heavy atom. The van der Waals surface area contributed by atoms with Crippen LogP contribution in [0.3, 0.4) is 0 Å². The Morgan fingerprint density at radius 2 is 1.82 bits per heavy atom. The molecule has 1 unspecified atom stereocenters. The van der Waals surface area contributed by atoms with Gasteiger partial charge in [0.25, 0.3) is 0 Å². The third kappa shape index (κ3) is 7.50. The van der Waals surface area contributed by atoms with Crippen molar-refractivity contribution in [2.24, 2.45) is 0 Å². The van der Waals surface area contributed by atoms with Gasteiger partial charge in [-0.3, -0.25) is 4.79 Å². The number of ketones is 1. The first kappa shape index (κ1) is 18.6. The lowest BCUT2D eigenvalue weighted by Gasteiger charge is -2.22. The molecule has 0 aliphatic carbocycles. The van der Waals surface area contributed by atoms with Crippen molar-refractivity contribution in [1.29, 1.82) is 0 Å². The second-order valence-corrected chi connectivity index (χ2v) is 7.34. The lowest BCUT2D eigenvalue weighted by atomic mass is 10.2. The summed E-state index contributed by atoms with van der Waals surface area (Å²) in [7, 11) is 0. The van der Waals surface area contributed by atoms with Crippen LogP contribution in [0.1, 0.15) is 38.8 Å². The van der Waals surface area contributed by atoms with Crippen LogP contribution < -0.4 is 5.32 Å². The quantitative estimate of drug-likeness (QED) is 0.867. The number of amides is 1. The largest absolute Gasteiger partial charge is 0.444 e. The smallest absolute Gasteiger partial charge is 0.408 e. The summed E-state index contributed by atoms with van der Waals surface area (Å²) in [6.07, 6.45) is -0.552. The zero-order valence-corrected chi connectivity index (χ0v) is 14.8. The molecule has 122 valence electrons. The highest BCUT2D eigenvalue weighted by Crippen LogP contribution is 2.15. The Kier molecular flexibility index (Phi) is 6.94. The van der Waals surface area contributed by atoms with Crippen LogP contribution >= 0.6 is 11.8 Å². The first-order valence-electron chi connectivity index (χ1n) is 7.30. The molecule has 1 rings (SSSR count). The zero-order valence-electron chi connectivity index (χ0n) is 13.9. The van der Waals surface area contributed by atoms with Gasteiger partial charge in [0.2, 0.25) is 0 Å². The van der Waals surface area contributed by atoms with E-state index in [9.17, 15) is 9.59 Å². The monoisotopic (exact) mass is 323 g/mol. The van der Waals surface area contributed by atoms with Gasteiger partial charge in [0.05, 0.1) is 6.04 Å². The zero-order chi connectivity index (χ0) is 16.8. The minimum atomic E-state index is -0.569. The van der Waals surface area contributed by atoms with Crippen molar-refractivity contribution < 1.29 is 14.3 Å². The van der Waals surface area contributed by atoms with Gasteiger partial charge in [-0.25, -0.2) is 4.79 Å². The van der Waals surface area contributed by atoms with Gasteiger partial charge in [-0.15, -0.1) is 0 Å². The van der Waals surface area contributed by atoms with E-state index in [1.165, 1.54) is 18.1 Å². The minimum Gasteiger partial charge on any atom is -0.444 e. The lowest BCUT2D eigenvalue weighted by Crippen LogP contribution is -2.44. The Morgan fingerprint density at radius 1 is 1.23 bits per heavy atom. The number of ether oxygens (including phenoxy) is 1. The van der Waals surface area contributed by atoms with Crippen molar-refractivity contribution >= 4 is 23.6 Å². The second-order valence-electron chi connectivity index (χ2n) is 6.31. The molecule has 1 amide bonds. The first-order valence-corrected chi connectivity index (χ1v) is 8.46. The summed E-state index contributed by atoms with van der Waals surface area (Å²) >= 11 is 1.62. The molecular weight excluding hydrogens is 298 g/mol. The van der Waals surface area contributed by atoms with E-state index < -0.39 is 17.7 Å². The highest BCUT2D eigenvalue weighted by molar-refractivity contribution is 7.98. The molecule has 0 aliphatic heterocycles. The highest BCUT2D eigenvalue weighted by Gasteiger charge is 2.21. The Hall–Kier alpha value is -1.49. The third-order valence-corrected chi connectivity index (χ3v) is 3.96. The topological polar surface area (TPSA) is 55.4 Å². The van der Waals surface area contributed by atoms with Gasteiger partial charge in [-0.1, -0.05) is 29.8 Å². The Balaban J connectivity index is 2.46. The van der Waals surface area contributed by atoms with Crippen molar-refractivity contribution in [2.75, 3.05) is 5.75 Å². The molecule has 1 aromatic rings. The van der Waals surface area contributed by atoms with E-state index in [1.807, 2.05) is 6.92 Å². The number of benzene rings is 1. The maximum atomic E-state index is 11.7. The van der Waals surface area contributed by atoms with Gasteiger partial charge in [0, 0.05) is 11.5 Å². The number of hydrogen-bond donors (Lipinski definition) is 1. The van der Waals surface area contributed by atoms with Crippen LogP contribution in [-0.4, -0.2) is 29.3 Å². The molecule has 1 N–H and O–H groups in total. The van der Waals surface area contributed by atoms with E-state index in [1.54, 1.807) is 32.5 Å². The summed E-state index contributed by atoms with van der Waals surface area (Å²) in [5.41, 5.74) is 1.86. The molecule has 1 atom stereocenters. The number of nitrogens with one attached hydrogen (secondary N) is 1. The maximum Gasteiger partial charge on any atom is 0.408 e. The molecule has 0 aliphatic rings. The number of carbonyl (C=O) groups is 2. The van der Waals surface area contributed by atoms with Gasteiger partial charge >= 0.3 is 6.09 Å². The fraction of sp³-hybridized carbons (Fsp3) is 0.529. The van der Waals surface area contributed by atoms with E-state index in [-0.39, 0.29) is 5.78 Å². The number of aryl methyl sites for hydroxylation is 1. The molecule has 0 heterocycles. The molecule has 0 saturated carbocycles. The van der Waals surface area contributed by atoms with Crippen molar-refractivity contribution in [1.82, 2.24) is 5.32 Å². The predicted molar refractivity (Wildman–Crippen MR) is 91.2 cm³/mol. The maximum absolute atomic E-state index is 11.7. The van der Waals surface area contributed by atoms with E-state index in [0.29, 0.717) is 5.75 Å². The number of alkyl carbamates (subject to hydrolysis) is 1. The molecular formula is C17H25NO3S. The predicted octanol–water partition coefficient (Wildman–Crippen LogP) is 3.71. The van der Waals surface area contributed by atoms with E-state index in [4.69, 9.17) is 4.74 Å². The van der Waals surface area contributed by atoms with Crippen molar-refractivity contribution in [3.63, 3.8) is 0 Å². The number of carbonyl (C=O) groups excluding carboxylic acids is 2. The molecule has 22 heavy (non-hydrogen) atoms. The molecule has 0 fully saturated rings. The van der Waals surface area contributed by atoms with Crippen LogP contribution in [-0.2, 0) is 15.3 Å². The van der Waals surface area contributed by atoms with Gasteiger partial charge in [-0.2, -0.15) is 11.8 Å². The number of rotatable bonds is 6.